The molecular weight excluding hydrogens is 266 g/mol. The molecule has 0 bridgehead atoms. The van der Waals surface area contributed by atoms with Gasteiger partial charge < -0.3 is 19.1 Å². The number of amides is 1. The number of ether oxygens (including phenoxy) is 3. The average Bonchev–Trinajstić information content (AvgIpc) is 2.32. The molecule has 0 saturated heterocycles. The fourth-order valence-electron chi connectivity index (χ4n) is 1.06. The summed E-state index contributed by atoms with van der Waals surface area (Å²) in [5.74, 6) is -1.64. The first-order valence-electron chi connectivity index (χ1n) is 6.35. The van der Waals surface area contributed by atoms with Crippen molar-refractivity contribution in [2.24, 2.45) is 0 Å². The zero-order valence-electron chi connectivity index (χ0n) is 12.7. The van der Waals surface area contributed by atoms with E-state index in [1.807, 2.05) is 20.8 Å². The van der Waals surface area contributed by atoms with Crippen molar-refractivity contribution in [3.63, 3.8) is 0 Å². The van der Waals surface area contributed by atoms with Gasteiger partial charge in [0.25, 0.3) is 0 Å². The molecule has 0 atom stereocenters. The smallest absolute Gasteiger partial charge is 0.344 e. The van der Waals surface area contributed by atoms with Gasteiger partial charge in [-0.1, -0.05) is 0 Å². The van der Waals surface area contributed by atoms with Gasteiger partial charge in [0.05, 0.1) is 12.2 Å². The van der Waals surface area contributed by atoms with Crippen molar-refractivity contribution in [1.29, 1.82) is 0 Å². The largest absolute Gasteiger partial charge is 0.463 e. The summed E-state index contributed by atoms with van der Waals surface area (Å²) in [7, 11) is 1.46. The van der Waals surface area contributed by atoms with Crippen LogP contribution in [0.5, 0.6) is 0 Å². The van der Waals surface area contributed by atoms with Crippen LogP contribution >= 0.6 is 0 Å². The highest BCUT2D eigenvalue weighted by molar-refractivity contribution is 5.83. The van der Waals surface area contributed by atoms with Gasteiger partial charge in [0.1, 0.15) is 13.2 Å². The third-order valence-corrected chi connectivity index (χ3v) is 2.08. The van der Waals surface area contributed by atoms with Gasteiger partial charge in [-0.25, -0.2) is 4.79 Å². The summed E-state index contributed by atoms with van der Waals surface area (Å²) in [6.45, 7) is 6.54. The third kappa shape index (κ3) is 9.32. The number of carbonyl (C=O) groups is 3. The lowest BCUT2D eigenvalue weighted by Crippen LogP contribution is -2.37. The monoisotopic (exact) mass is 289 g/mol. The van der Waals surface area contributed by atoms with E-state index >= 15 is 0 Å². The van der Waals surface area contributed by atoms with Crippen molar-refractivity contribution in [2.75, 3.05) is 33.4 Å². The van der Waals surface area contributed by atoms with Gasteiger partial charge in [0.15, 0.2) is 6.61 Å². The summed E-state index contributed by atoms with van der Waals surface area (Å²) in [6.07, 6.45) is 0. The summed E-state index contributed by atoms with van der Waals surface area (Å²) >= 11 is 0. The van der Waals surface area contributed by atoms with Crippen molar-refractivity contribution in [3.05, 3.63) is 0 Å². The maximum absolute atomic E-state index is 11.7. The van der Waals surface area contributed by atoms with Crippen LogP contribution in [0, 0.1) is 0 Å². The molecule has 0 radical (unpaired) electrons. The molecule has 0 rings (SSSR count). The average molecular weight is 289 g/mol. The molecule has 0 aliphatic heterocycles. The fourth-order valence-corrected chi connectivity index (χ4v) is 1.06. The van der Waals surface area contributed by atoms with E-state index in [-0.39, 0.29) is 25.7 Å². The number of rotatable bonds is 7. The molecule has 116 valence electrons. The van der Waals surface area contributed by atoms with Gasteiger partial charge in [-0.15, -0.1) is 0 Å². The number of esters is 2. The molecule has 0 unspecified atom stereocenters. The van der Waals surface area contributed by atoms with Crippen LogP contribution < -0.4 is 0 Å². The predicted octanol–water partition coefficient (Wildman–Crippen LogP) is 0.366. The van der Waals surface area contributed by atoms with Gasteiger partial charge in [0, 0.05) is 7.05 Å². The Morgan fingerprint density at radius 3 is 2.10 bits per heavy atom. The lowest BCUT2D eigenvalue weighted by molar-refractivity contribution is -0.160. The zero-order chi connectivity index (χ0) is 15.8. The molecule has 20 heavy (non-hydrogen) atoms. The molecule has 0 aromatic heterocycles. The van der Waals surface area contributed by atoms with Gasteiger partial charge in [-0.05, 0) is 27.7 Å². The third-order valence-electron chi connectivity index (χ3n) is 2.08. The first-order valence-corrected chi connectivity index (χ1v) is 6.35. The molecule has 0 fully saturated rings. The van der Waals surface area contributed by atoms with E-state index in [0.717, 1.165) is 0 Å². The Bertz CT molecular complexity index is 347. The second-order valence-corrected chi connectivity index (χ2v) is 5.12. The van der Waals surface area contributed by atoms with Crippen LogP contribution in [-0.4, -0.2) is 61.8 Å². The molecule has 7 heteroatoms. The van der Waals surface area contributed by atoms with Crippen molar-refractivity contribution in [2.45, 2.75) is 33.3 Å². The number of nitrogens with zero attached hydrogens (tertiary/aromatic N) is 1. The van der Waals surface area contributed by atoms with Crippen LogP contribution in [0.4, 0.5) is 0 Å². The molecular formula is C13H23NO6. The summed E-state index contributed by atoms with van der Waals surface area (Å²) in [6, 6.07) is 0. The molecule has 0 N–H and O–H groups in total. The number of carbonyl (C=O) groups excluding carboxylic acids is 3. The SMILES string of the molecule is CCOC(=O)COC(=O)CN(C)C(=O)COC(C)(C)C. The molecule has 0 aliphatic carbocycles. The van der Waals surface area contributed by atoms with Crippen LogP contribution in [0.2, 0.25) is 0 Å². The Hall–Kier alpha value is -1.63. The summed E-state index contributed by atoms with van der Waals surface area (Å²) in [4.78, 5) is 35.2. The normalized spacial score (nSPS) is 10.8. The Labute approximate surface area is 119 Å². The van der Waals surface area contributed by atoms with E-state index in [1.54, 1.807) is 6.92 Å². The minimum absolute atomic E-state index is 0.120. The fraction of sp³-hybridized carbons (Fsp3) is 0.769. The Morgan fingerprint density at radius 2 is 1.60 bits per heavy atom. The number of hydrogen-bond acceptors (Lipinski definition) is 6. The second-order valence-electron chi connectivity index (χ2n) is 5.12. The topological polar surface area (TPSA) is 82.1 Å². The summed E-state index contributed by atoms with van der Waals surface area (Å²) in [5, 5.41) is 0. The van der Waals surface area contributed by atoms with E-state index in [9.17, 15) is 14.4 Å². The van der Waals surface area contributed by atoms with Gasteiger partial charge in [-0.3, -0.25) is 9.59 Å². The lowest BCUT2D eigenvalue weighted by Gasteiger charge is -2.22. The maximum Gasteiger partial charge on any atom is 0.344 e. The first kappa shape index (κ1) is 18.4. The minimum atomic E-state index is -0.676. The van der Waals surface area contributed by atoms with Crippen LogP contribution in [0.1, 0.15) is 27.7 Å². The Balaban J connectivity index is 4.00. The maximum atomic E-state index is 11.7. The summed E-state index contributed by atoms with van der Waals surface area (Å²) < 4.78 is 14.6. The highest BCUT2D eigenvalue weighted by Gasteiger charge is 2.18. The number of hydrogen-bond donors (Lipinski definition) is 0. The van der Waals surface area contributed by atoms with Crippen molar-refractivity contribution >= 4 is 17.8 Å². The Kier molecular flexibility index (Phi) is 7.83. The van der Waals surface area contributed by atoms with E-state index < -0.39 is 24.1 Å². The number of likely N-dealkylation sites (N-methyl/N-ethyl adjacent to an activating group) is 1. The molecule has 7 nitrogen and oxygen atoms in total. The highest BCUT2D eigenvalue weighted by atomic mass is 16.6. The zero-order valence-corrected chi connectivity index (χ0v) is 12.7. The molecule has 0 heterocycles. The van der Waals surface area contributed by atoms with Gasteiger partial charge in [-0.2, -0.15) is 0 Å². The van der Waals surface area contributed by atoms with Crippen molar-refractivity contribution in [1.82, 2.24) is 4.90 Å². The Morgan fingerprint density at radius 1 is 1.00 bits per heavy atom. The van der Waals surface area contributed by atoms with E-state index in [1.165, 1.54) is 11.9 Å². The lowest BCUT2D eigenvalue weighted by atomic mass is 10.2. The van der Waals surface area contributed by atoms with E-state index in [4.69, 9.17) is 4.74 Å². The molecule has 0 aromatic rings. The van der Waals surface area contributed by atoms with E-state index in [0.29, 0.717) is 0 Å². The van der Waals surface area contributed by atoms with Crippen molar-refractivity contribution < 1.29 is 28.6 Å². The standard InChI is InChI=1S/C13H23NO6/c1-6-18-12(17)9-19-11(16)7-14(5)10(15)8-20-13(2,3)4/h6-9H2,1-5H3. The van der Waals surface area contributed by atoms with Crippen LogP contribution in [0.3, 0.4) is 0 Å². The predicted molar refractivity (Wildman–Crippen MR) is 70.9 cm³/mol. The van der Waals surface area contributed by atoms with Crippen LogP contribution in [0.25, 0.3) is 0 Å². The molecule has 0 aliphatic rings. The van der Waals surface area contributed by atoms with Crippen LogP contribution in [-0.2, 0) is 28.6 Å². The molecule has 0 saturated carbocycles. The molecule has 0 spiro atoms. The van der Waals surface area contributed by atoms with E-state index in [2.05, 4.69) is 9.47 Å². The van der Waals surface area contributed by atoms with Gasteiger partial charge >= 0.3 is 11.9 Å². The quantitative estimate of drug-likeness (QED) is 0.630. The summed E-state index contributed by atoms with van der Waals surface area (Å²) in [5.41, 5.74) is -0.430. The van der Waals surface area contributed by atoms with Crippen molar-refractivity contribution in [3.8, 4) is 0 Å². The minimum Gasteiger partial charge on any atom is -0.463 e. The second kappa shape index (κ2) is 8.52. The molecule has 1 amide bonds. The van der Waals surface area contributed by atoms with Crippen LogP contribution in [0.15, 0.2) is 0 Å². The highest BCUT2D eigenvalue weighted by Crippen LogP contribution is 2.06. The molecule has 0 aromatic carbocycles. The first-order chi connectivity index (χ1) is 9.15. The van der Waals surface area contributed by atoms with Gasteiger partial charge in [0.2, 0.25) is 5.91 Å².